The Morgan fingerprint density at radius 1 is 1.05 bits per heavy atom. The van der Waals surface area contributed by atoms with Gasteiger partial charge in [0.2, 0.25) is 0 Å². The fraction of sp³-hybridized carbons (Fsp3) is 0.188. The summed E-state index contributed by atoms with van der Waals surface area (Å²) in [5.74, 6) is 0.329. The Bertz CT molecular complexity index is 625. The van der Waals surface area contributed by atoms with Crippen LogP contribution in [-0.2, 0) is 4.79 Å². The number of rotatable bonds is 2. The molecule has 4 heteroatoms. The molecule has 0 bridgehead atoms. The number of amides is 1. The van der Waals surface area contributed by atoms with Gasteiger partial charge in [-0.25, -0.2) is 4.99 Å². The average Bonchev–Trinajstić information content (AvgIpc) is 2.44. The minimum absolute atomic E-state index is 0.0131. The molecule has 0 N–H and O–H groups in total. The van der Waals surface area contributed by atoms with Gasteiger partial charge < -0.3 is 4.74 Å². The fourth-order valence-corrected chi connectivity index (χ4v) is 1.91. The summed E-state index contributed by atoms with van der Waals surface area (Å²) in [6, 6.07) is 6.73. The Balaban J connectivity index is 2.26. The van der Waals surface area contributed by atoms with Gasteiger partial charge in [-0.15, -0.1) is 0 Å². The van der Waals surface area contributed by atoms with Crippen LogP contribution in [0.15, 0.2) is 52.6 Å². The number of hydrogen-bond donors (Lipinski definition) is 0. The van der Waals surface area contributed by atoms with Crippen molar-refractivity contribution in [2.75, 3.05) is 7.11 Å². The molecule has 2 rings (SSSR count). The molecule has 20 heavy (non-hydrogen) atoms. The predicted octanol–water partition coefficient (Wildman–Crippen LogP) is 2.75. The minimum atomic E-state index is -0.342. The molecule has 102 valence electrons. The second-order valence-corrected chi connectivity index (χ2v) is 4.55. The normalized spacial score (nSPS) is 14.6. The molecule has 0 radical (unpaired) electrons. The highest BCUT2D eigenvalue weighted by molar-refractivity contribution is 6.23. The van der Waals surface area contributed by atoms with Crippen molar-refractivity contribution in [2.24, 2.45) is 4.99 Å². The summed E-state index contributed by atoms with van der Waals surface area (Å²) in [7, 11) is 1.57. The molecule has 0 saturated carbocycles. The number of nitrogens with zero attached hydrogens (tertiary/aromatic N) is 1. The van der Waals surface area contributed by atoms with Gasteiger partial charge in [-0.05, 0) is 61.4 Å². The zero-order valence-electron chi connectivity index (χ0n) is 11.6. The van der Waals surface area contributed by atoms with E-state index >= 15 is 0 Å². The van der Waals surface area contributed by atoms with Crippen LogP contribution in [-0.4, -0.2) is 24.5 Å². The van der Waals surface area contributed by atoms with Crippen LogP contribution in [0.2, 0.25) is 0 Å². The average molecular weight is 269 g/mol. The van der Waals surface area contributed by atoms with Crippen molar-refractivity contribution in [2.45, 2.75) is 13.8 Å². The Kier molecular flexibility index (Phi) is 3.94. The lowest BCUT2D eigenvalue weighted by Crippen LogP contribution is -2.12. The highest BCUT2D eigenvalue weighted by atomic mass is 16.5. The number of hydrogen-bond acceptors (Lipinski definition) is 3. The summed E-state index contributed by atoms with van der Waals surface area (Å²) in [5, 5.41) is 0. The van der Waals surface area contributed by atoms with Gasteiger partial charge in [-0.1, -0.05) is 0 Å². The third-order valence-electron chi connectivity index (χ3n) is 3.01. The van der Waals surface area contributed by atoms with Crippen LogP contribution in [0.4, 0.5) is 0 Å². The van der Waals surface area contributed by atoms with Crippen molar-refractivity contribution in [1.82, 2.24) is 0 Å². The van der Waals surface area contributed by atoms with E-state index in [-0.39, 0.29) is 11.7 Å². The fourth-order valence-electron chi connectivity index (χ4n) is 1.91. The Morgan fingerprint density at radius 2 is 1.60 bits per heavy atom. The van der Waals surface area contributed by atoms with Crippen LogP contribution in [0.3, 0.4) is 0 Å². The van der Waals surface area contributed by atoms with Gasteiger partial charge >= 0.3 is 0 Å². The molecule has 1 aromatic rings. The van der Waals surface area contributed by atoms with Gasteiger partial charge in [-0.3, -0.25) is 9.59 Å². The molecule has 0 aromatic heterocycles. The summed E-state index contributed by atoms with van der Waals surface area (Å²) >= 11 is 0. The zero-order chi connectivity index (χ0) is 14.7. The van der Waals surface area contributed by atoms with E-state index in [2.05, 4.69) is 4.99 Å². The van der Waals surface area contributed by atoms with Crippen molar-refractivity contribution < 1.29 is 14.3 Å². The SMILES string of the molecule is COc1ccc(C(=O)N=C2C=C(C)C(=O)C(C)=C2)cc1. The van der Waals surface area contributed by atoms with E-state index in [1.165, 1.54) is 0 Å². The number of ketones is 1. The molecule has 1 aliphatic rings. The number of benzene rings is 1. The first-order valence-corrected chi connectivity index (χ1v) is 6.19. The number of methoxy groups -OCH3 is 1. The van der Waals surface area contributed by atoms with Crippen LogP contribution in [0.25, 0.3) is 0 Å². The van der Waals surface area contributed by atoms with Crippen LogP contribution in [0.1, 0.15) is 24.2 Å². The van der Waals surface area contributed by atoms with Crippen molar-refractivity contribution in [3.63, 3.8) is 0 Å². The monoisotopic (exact) mass is 269 g/mol. The van der Waals surface area contributed by atoms with Gasteiger partial charge in [0.1, 0.15) is 5.75 Å². The molecule has 0 heterocycles. The molecule has 0 spiro atoms. The molecule has 0 fully saturated rings. The Hall–Kier alpha value is -2.49. The first-order valence-electron chi connectivity index (χ1n) is 6.19. The Labute approximate surface area is 117 Å². The molecule has 4 nitrogen and oxygen atoms in total. The van der Waals surface area contributed by atoms with Gasteiger partial charge in [0, 0.05) is 5.56 Å². The smallest absolute Gasteiger partial charge is 0.277 e. The van der Waals surface area contributed by atoms with Crippen LogP contribution in [0, 0.1) is 0 Å². The topological polar surface area (TPSA) is 55.7 Å². The van der Waals surface area contributed by atoms with Gasteiger partial charge in [0.05, 0.1) is 12.8 Å². The van der Waals surface area contributed by atoms with E-state index in [1.54, 1.807) is 57.4 Å². The summed E-state index contributed by atoms with van der Waals surface area (Å²) < 4.78 is 5.04. The molecule has 1 aromatic carbocycles. The second kappa shape index (κ2) is 5.65. The summed E-state index contributed by atoms with van der Waals surface area (Å²) in [6.45, 7) is 3.43. The van der Waals surface area contributed by atoms with Crippen LogP contribution < -0.4 is 4.74 Å². The summed E-state index contributed by atoms with van der Waals surface area (Å²) in [4.78, 5) is 27.7. The second-order valence-electron chi connectivity index (χ2n) is 4.55. The zero-order valence-corrected chi connectivity index (χ0v) is 11.6. The van der Waals surface area contributed by atoms with Crippen molar-refractivity contribution in [3.05, 3.63) is 53.1 Å². The molecule has 1 aliphatic carbocycles. The molecule has 1 amide bonds. The van der Waals surface area contributed by atoms with Crippen molar-refractivity contribution in [1.29, 1.82) is 0 Å². The summed E-state index contributed by atoms with van der Waals surface area (Å²) in [6.07, 6.45) is 3.24. The molecule has 0 unspecified atom stereocenters. The number of aliphatic imine (C=N–C) groups is 1. The maximum absolute atomic E-state index is 12.0. The highest BCUT2D eigenvalue weighted by Crippen LogP contribution is 2.15. The van der Waals surface area contributed by atoms with E-state index in [0.717, 1.165) is 0 Å². The third kappa shape index (κ3) is 2.91. The third-order valence-corrected chi connectivity index (χ3v) is 3.01. The van der Waals surface area contributed by atoms with Crippen LogP contribution >= 0.6 is 0 Å². The molecule has 0 atom stereocenters. The number of ether oxygens (including phenoxy) is 1. The van der Waals surface area contributed by atoms with E-state index in [9.17, 15) is 9.59 Å². The predicted molar refractivity (Wildman–Crippen MR) is 77.3 cm³/mol. The largest absolute Gasteiger partial charge is 0.497 e. The lowest BCUT2D eigenvalue weighted by Gasteiger charge is -2.08. The van der Waals surface area contributed by atoms with Crippen LogP contribution in [0.5, 0.6) is 5.75 Å². The number of allylic oxidation sites excluding steroid dienone is 4. The standard InChI is InChI=1S/C16H15NO3/c1-10-8-13(9-11(2)15(10)18)17-16(19)12-4-6-14(20-3)7-5-12/h4-9H,1-3H3. The highest BCUT2D eigenvalue weighted by Gasteiger charge is 2.14. The van der Waals surface area contributed by atoms with Gasteiger partial charge in [0.25, 0.3) is 5.91 Å². The summed E-state index contributed by atoms with van der Waals surface area (Å²) in [5.41, 5.74) is 2.16. The first kappa shape index (κ1) is 13.9. The van der Waals surface area contributed by atoms with Crippen molar-refractivity contribution in [3.8, 4) is 5.75 Å². The van der Waals surface area contributed by atoms with Gasteiger partial charge in [-0.2, -0.15) is 0 Å². The number of carbonyl (C=O) groups excluding carboxylic acids is 2. The Morgan fingerprint density at radius 3 is 2.10 bits per heavy atom. The molecule has 0 aliphatic heterocycles. The maximum Gasteiger partial charge on any atom is 0.277 e. The number of Topliss-reactive ketones (excluding diaryl/α,β-unsaturated/α-hetero) is 1. The minimum Gasteiger partial charge on any atom is -0.497 e. The number of carbonyl (C=O) groups is 2. The quantitative estimate of drug-likeness (QED) is 0.776. The van der Waals surface area contributed by atoms with Gasteiger partial charge in [0.15, 0.2) is 5.78 Å². The van der Waals surface area contributed by atoms with E-state index in [1.807, 2.05) is 0 Å². The molecular formula is C16H15NO3. The lowest BCUT2D eigenvalue weighted by molar-refractivity contribution is -0.112. The molecule has 0 saturated heterocycles. The van der Waals surface area contributed by atoms with E-state index in [0.29, 0.717) is 28.2 Å². The van der Waals surface area contributed by atoms with E-state index < -0.39 is 0 Å². The van der Waals surface area contributed by atoms with E-state index in [4.69, 9.17) is 4.74 Å². The maximum atomic E-state index is 12.0. The van der Waals surface area contributed by atoms with Crippen molar-refractivity contribution >= 4 is 17.4 Å². The lowest BCUT2D eigenvalue weighted by atomic mass is 9.98. The molecular weight excluding hydrogens is 254 g/mol. The first-order chi connectivity index (χ1) is 9.51.